The Balaban J connectivity index is 0.00000300. The van der Waals surface area contributed by atoms with Crippen molar-refractivity contribution in [2.45, 2.75) is 44.6 Å². The van der Waals surface area contributed by atoms with Crippen molar-refractivity contribution in [2.75, 3.05) is 17.3 Å². The molecule has 0 bridgehead atoms. The minimum Gasteiger partial charge on any atom is -0.326 e. The molecule has 2 aromatic rings. The number of likely N-dealkylation sites (N-methyl/N-ethyl adjacent to an activating group) is 1. The molecule has 3 rings (SSSR count). The number of rotatable bonds is 5. The van der Waals surface area contributed by atoms with Crippen LogP contribution in [0.3, 0.4) is 0 Å². The maximum atomic E-state index is 12.6. The van der Waals surface area contributed by atoms with Gasteiger partial charge < -0.3 is 16.0 Å². The van der Waals surface area contributed by atoms with Gasteiger partial charge in [0, 0.05) is 24.0 Å². The van der Waals surface area contributed by atoms with Gasteiger partial charge in [-0.3, -0.25) is 9.59 Å². The third-order valence-corrected chi connectivity index (χ3v) is 5.67. The van der Waals surface area contributed by atoms with Crippen LogP contribution in [0.4, 0.5) is 11.4 Å². The van der Waals surface area contributed by atoms with Gasteiger partial charge in [0.1, 0.15) is 0 Å². The van der Waals surface area contributed by atoms with Gasteiger partial charge in [-0.25, -0.2) is 0 Å². The lowest BCUT2D eigenvalue weighted by Crippen LogP contribution is -2.51. The van der Waals surface area contributed by atoms with Gasteiger partial charge in [0.2, 0.25) is 11.8 Å². The molecule has 2 amide bonds. The Morgan fingerprint density at radius 3 is 2.38 bits per heavy atom. The molecule has 29 heavy (non-hydrogen) atoms. The normalized spacial score (nSPS) is 21.0. The predicted octanol–water partition coefficient (Wildman–Crippen LogP) is 4.16. The van der Waals surface area contributed by atoms with E-state index in [2.05, 4.69) is 5.32 Å². The summed E-state index contributed by atoms with van der Waals surface area (Å²) in [5.41, 5.74) is 8.39. The Morgan fingerprint density at radius 2 is 1.76 bits per heavy atom. The van der Waals surface area contributed by atoms with Gasteiger partial charge in [-0.2, -0.15) is 0 Å². The van der Waals surface area contributed by atoms with E-state index in [1.165, 1.54) is 0 Å². The molecule has 0 heterocycles. The minimum absolute atomic E-state index is 0. The molecular formula is C23H30ClN3O2. The van der Waals surface area contributed by atoms with Crippen LogP contribution < -0.4 is 16.0 Å². The molecule has 156 valence electrons. The van der Waals surface area contributed by atoms with Crippen molar-refractivity contribution in [2.24, 2.45) is 11.7 Å². The first-order chi connectivity index (χ1) is 13.4. The van der Waals surface area contributed by atoms with Crippen molar-refractivity contribution >= 4 is 35.6 Å². The van der Waals surface area contributed by atoms with Gasteiger partial charge >= 0.3 is 0 Å². The van der Waals surface area contributed by atoms with Crippen LogP contribution >= 0.6 is 12.4 Å². The monoisotopic (exact) mass is 415 g/mol. The molecule has 1 saturated carbocycles. The third-order valence-electron chi connectivity index (χ3n) is 5.67. The molecular weight excluding hydrogens is 386 g/mol. The van der Waals surface area contributed by atoms with E-state index >= 15 is 0 Å². The summed E-state index contributed by atoms with van der Waals surface area (Å²) in [6.45, 7) is 1.97. The average Bonchev–Trinajstić information content (AvgIpc) is 2.69. The summed E-state index contributed by atoms with van der Waals surface area (Å²) in [5.74, 6) is -0.163. The highest BCUT2D eigenvalue weighted by atomic mass is 35.5. The van der Waals surface area contributed by atoms with Crippen molar-refractivity contribution in [1.82, 2.24) is 0 Å². The molecule has 1 fully saturated rings. The van der Waals surface area contributed by atoms with Crippen LogP contribution in [0.2, 0.25) is 0 Å². The fraction of sp³-hybridized carbons (Fsp3) is 0.391. The Bertz CT molecular complexity index is 822. The molecule has 0 aromatic heterocycles. The number of nitrogens with one attached hydrogen (secondary N) is 1. The molecule has 0 saturated heterocycles. The smallest absolute Gasteiger partial charge is 0.231 e. The van der Waals surface area contributed by atoms with Gasteiger partial charge in [-0.05, 0) is 49.6 Å². The summed E-state index contributed by atoms with van der Waals surface area (Å²) in [6, 6.07) is 17.0. The molecule has 6 heteroatoms. The SMILES string of the molecule is CN(C(=O)Cc1ccc(NC(=O)C2CCCCC2(C)N)cc1)c1ccccc1.Cl. The third kappa shape index (κ3) is 5.81. The number of halogens is 1. The van der Waals surface area contributed by atoms with E-state index in [9.17, 15) is 9.59 Å². The Hall–Kier alpha value is -2.37. The molecule has 5 nitrogen and oxygen atoms in total. The predicted molar refractivity (Wildman–Crippen MR) is 120 cm³/mol. The molecule has 1 aliphatic rings. The van der Waals surface area contributed by atoms with Gasteiger partial charge in [-0.1, -0.05) is 43.2 Å². The lowest BCUT2D eigenvalue weighted by Gasteiger charge is -2.37. The van der Waals surface area contributed by atoms with Crippen LogP contribution in [0.15, 0.2) is 54.6 Å². The number of carbonyl (C=O) groups excluding carboxylic acids is 2. The van der Waals surface area contributed by atoms with Gasteiger partial charge in [-0.15, -0.1) is 12.4 Å². The van der Waals surface area contributed by atoms with Gasteiger partial charge in [0.05, 0.1) is 12.3 Å². The molecule has 0 spiro atoms. The van der Waals surface area contributed by atoms with Crippen LogP contribution in [0.1, 0.15) is 38.2 Å². The van der Waals surface area contributed by atoms with Gasteiger partial charge in [0.15, 0.2) is 0 Å². The second kappa shape index (κ2) is 9.90. The first-order valence-electron chi connectivity index (χ1n) is 9.87. The number of para-hydroxylation sites is 1. The summed E-state index contributed by atoms with van der Waals surface area (Å²) in [6.07, 6.45) is 4.14. The standard InChI is InChI=1S/C23H29N3O2.ClH/c1-23(24)15-7-6-10-20(23)22(28)25-18-13-11-17(12-14-18)16-21(27)26(2)19-8-4-3-5-9-19;/h3-5,8-9,11-14,20H,6-7,10,15-16,24H2,1-2H3,(H,25,28);1H. The van der Waals surface area contributed by atoms with Crippen LogP contribution in [0.5, 0.6) is 0 Å². The second-order valence-electron chi connectivity index (χ2n) is 7.96. The van der Waals surface area contributed by atoms with E-state index in [1.807, 2.05) is 61.5 Å². The quantitative estimate of drug-likeness (QED) is 0.769. The molecule has 1 aliphatic carbocycles. The van der Waals surface area contributed by atoms with E-state index in [4.69, 9.17) is 5.73 Å². The molecule has 2 atom stereocenters. The zero-order valence-electron chi connectivity index (χ0n) is 17.1. The Kier molecular flexibility index (Phi) is 7.82. The van der Waals surface area contributed by atoms with Gasteiger partial charge in [0.25, 0.3) is 0 Å². The number of anilines is 2. The molecule has 3 N–H and O–H groups in total. The van der Waals surface area contributed by atoms with Crippen LogP contribution in [-0.4, -0.2) is 24.4 Å². The van der Waals surface area contributed by atoms with Crippen LogP contribution in [-0.2, 0) is 16.0 Å². The average molecular weight is 416 g/mol. The Morgan fingerprint density at radius 1 is 1.10 bits per heavy atom. The number of benzene rings is 2. The number of hydrogen-bond acceptors (Lipinski definition) is 3. The van der Waals surface area contributed by atoms with E-state index in [-0.39, 0.29) is 30.1 Å². The number of amides is 2. The first-order valence-corrected chi connectivity index (χ1v) is 9.87. The topological polar surface area (TPSA) is 75.4 Å². The van der Waals surface area contributed by atoms with Crippen molar-refractivity contribution in [3.63, 3.8) is 0 Å². The number of nitrogens with zero attached hydrogens (tertiary/aromatic N) is 1. The Labute approximate surface area is 179 Å². The highest BCUT2D eigenvalue weighted by molar-refractivity contribution is 5.95. The lowest BCUT2D eigenvalue weighted by molar-refractivity contribution is -0.123. The summed E-state index contributed by atoms with van der Waals surface area (Å²) in [4.78, 5) is 26.8. The summed E-state index contributed by atoms with van der Waals surface area (Å²) < 4.78 is 0. The number of carbonyl (C=O) groups is 2. The summed E-state index contributed by atoms with van der Waals surface area (Å²) in [5, 5.41) is 2.98. The first kappa shape index (κ1) is 22.9. The highest BCUT2D eigenvalue weighted by Gasteiger charge is 2.37. The molecule has 2 unspecified atom stereocenters. The van der Waals surface area contributed by atoms with E-state index in [0.717, 1.165) is 42.6 Å². The van der Waals surface area contributed by atoms with E-state index in [0.29, 0.717) is 6.42 Å². The maximum absolute atomic E-state index is 12.6. The van der Waals surface area contributed by atoms with Crippen molar-refractivity contribution < 1.29 is 9.59 Å². The maximum Gasteiger partial charge on any atom is 0.231 e. The van der Waals surface area contributed by atoms with E-state index < -0.39 is 5.54 Å². The van der Waals surface area contributed by atoms with Crippen molar-refractivity contribution in [1.29, 1.82) is 0 Å². The molecule has 0 aliphatic heterocycles. The zero-order chi connectivity index (χ0) is 20.1. The molecule has 0 radical (unpaired) electrons. The number of hydrogen-bond donors (Lipinski definition) is 2. The summed E-state index contributed by atoms with van der Waals surface area (Å²) >= 11 is 0. The lowest BCUT2D eigenvalue weighted by atomic mass is 9.74. The largest absolute Gasteiger partial charge is 0.326 e. The number of nitrogens with two attached hydrogens (primary N) is 1. The van der Waals surface area contributed by atoms with Crippen LogP contribution in [0.25, 0.3) is 0 Å². The fourth-order valence-electron chi connectivity index (χ4n) is 3.81. The fourth-order valence-corrected chi connectivity index (χ4v) is 3.81. The van der Waals surface area contributed by atoms with E-state index in [1.54, 1.807) is 11.9 Å². The van der Waals surface area contributed by atoms with Crippen molar-refractivity contribution in [3.05, 3.63) is 60.2 Å². The highest BCUT2D eigenvalue weighted by Crippen LogP contribution is 2.32. The summed E-state index contributed by atoms with van der Waals surface area (Å²) in [7, 11) is 1.78. The molecule has 2 aromatic carbocycles. The van der Waals surface area contributed by atoms with Crippen molar-refractivity contribution in [3.8, 4) is 0 Å². The second-order valence-corrected chi connectivity index (χ2v) is 7.96. The minimum atomic E-state index is -0.448. The zero-order valence-corrected chi connectivity index (χ0v) is 17.9. The van der Waals surface area contributed by atoms with Crippen LogP contribution in [0, 0.1) is 5.92 Å².